The highest BCUT2D eigenvalue weighted by molar-refractivity contribution is 5.34. The number of benzene rings is 1. The van der Waals surface area contributed by atoms with Gasteiger partial charge in [0.05, 0.1) is 0 Å². The molecule has 3 nitrogen and oxygen atoms in total. The Balaban J connectivity index is 2.31. The summed E-state index contributed by atoms with van der Waals surface area (Å²) in [4.78, 5) is 4.52. The van der Waals surface area contributed by atoms with Gasteiger partial charge in [-0.05, 0) is 55.3 Å². The number of hydrogen-bond donors (Lipinski definition) is 1. The first kappa shape index (κ1) is 15.4. The minimum Gasteiger partial charge on any atom is -0.439 e. The number of aryl methyl sites for hydroxylation is 1. The Kier molecular flexibility index (Phi) is 4.91. The Morgan fingerprint density at radius 1 is 1.24 bits per heavy atom. The molecule has 0 aliphatic heterocycles. The highest BCUT2D eigenvalue weighted by atomic mass is 19.1. The van der Waals surface area contributed by atoms with Crippen LogP contribution in [0.4, 0.5) is 4.39 Å². The van der Waals surface area contributed by atoms with Gasteiger partial charge in [0.25, 0.3) is 0 Å². The molecule has 1 heterocycles. The van der Waals surface area contributed by atoms with E-state index in [4.69, 9.17) is 4.74 Å². The van der Waals surface area contributed by atoms with Crippen LogP contribution in [0.15, 0.2) is 30.3 Å². The standard InChI is InChI=1S/C17H21FN2O/c1-11(2)16-8-13(10-19-4)9-17(20-16)21-14-5-6-15(18)12(3)7-14/h5-9,11,19H,10H2,1-4H3. The summed E-state index contributed by atoms with van der Waals surface area (Å²) in [7, 11) is 1.90. The van der Waals surface area contributed by atoms with Crippen LogP contribution in [0.25, 0.3) is 0 Å². The molecule has 0 saturated carbocycles. The fourth-order valence-electron chi connectivity index (χ4n) is 2.04. The van der Waals surface area contributed by atoms with E-state index in [9.17, 15) is 4.39 Å². The molecule has 4 heteroatoms. The van der Waals surface area contributed by atoms with E-state index in [2.05, 4.69) is 30.2 Å². The topological polar surface area (TPSA) is 34.1 Å². The fourth-order valence-corrected chi connectivity index (χ4v) is 2.04. The van der Waals surface area contributed by atoms with Crippen molar-refractivity contribution in [3.05, 3.63) is 53.0 Å². The second-order valence-corrected chi connectivity index (χ2v) is 5.44. The lowest BCUT2D eigenvalue weighted by Gasteiger charge is -2.12. The third kappa shape index (κ3) is 4.02. The number of halogens is 1. The predicted molar refractivity (Wildman–Crippen MR) is 82.3 cm³/mol. The Labute approximate surface area is 125 Å². The molecule has 1 N–H and O–H groups in total. The number of nitrogens with one attached hydrogen (secondary N) is 1. The number of ether oxygens (including phenoxy) is 1. The molecule has 0 aliphatic rings. The van der Waals surface area contributed by atoms with E-state index in [1.807, 2.05) is 13.1 Å². The maximum atomic E-state index is 13.3. The van der Waals surface area contributed by atoms with E-state index in [-0.39, 0.29) is 5.82 Å². The molecular formula is C17H21FN2O. The van der Waals surface area contributed by atoms with E-state index in [1.165, 1.54) is 6.07 Å². The molecule has 0 aliphatic carbocycles. The van der Waals surface area contributed by atoms with Gasteiger partial charge in [-0.25, -0.2) is 9.37 Å². The summed E-state index contributed by atoms with van der Waals surface area (Å²) >= 11 is 0. The molecule has 0 spiro atoms. The van der Waals surface area contributed by atoms with Gasteiger partial charge in [0.2, 0.25) is 5.88 Å². The van der Waals surface area contributed by atoms with Crippen molar-refractivity contribution in [3.8, 4) is 11.6 Å². The summed E-state index contributed by atoms with van der Waals surface area (Å²) in [6, 6.07) is 8.68. The molecule has 0 fully saturated rings. The lowest BCUT2D eigenvalue weighted by molar-refractivity contribution is 0.456. The van der Waals surface area contributed by atoms with Crippen LogP contribution in [0, 0.1) is 12.7 Å². The molecule has 1 aromatic heterocycles. The molecular weight excluding hydrogens is 267 g/mol. The third-order valence-electron chi connectivity index (χ3n) is 3.21. The van der Waals surface area contributed by atoms with Crippen LogP contribution in [-0.2, 0) is 6.54 Å². The minimum absolute atomic E-state index is 0.234. The van der Waals surface area contributed by atoms with Crippen molar-refractivity contribution in [1.29, 1.82) is 0 Å². The molecule has 21 heavy (non-hydrogen) atoms. The number of pyridine rings is 1. The Hall–Kier alpha value is -1.94. The second-order valence-electron chi connectivity index (χ2n) is 5.44. The smallest absolute Gasteiger partial charge is 0.219 e. The predicted octanol–water partition coefficient (Wildman–Crippen LogP) is 4.16. The van der Waals surface area contributed by atoms with Crippen LogP contribution >= 0.6 is 0 Å². The summed E-state index contributed by atoms with van der Waals surface area (Å²) in [6.07, 6.45) is 0. The monoisotopic (exact) mass is 288 g/mol. The molecule has 2 aromatic rings. The van der Waals surface area contributed by atoms with Gasteiger partial charge in [0.15, 0.2) is 0 Å². The van der Waals surface area contributed by atoms with E-state index in [0.717, 1.165) is 17.8 Å². The SMILES string of the molecule is CNCc1cc(Oc2ccc(F)c(C)c2)nc(C(C)C)c1. The number of nitrogens with zero attached hydrogens (tertiary/aromatic N) is 1. The van der Waals surface area contributed by atoms with E-state index >= 15 is 0 Å². The van der Waals surface area contributed by atoms with Gasteiger partial charge in [0.1, 0.15) is 11.6 Å². The molecule has 0 atom stereocenters. The van der Waals surface area contributed by atoms with Crippen molar-refractivity contribution in [2.45, 2.75) is 33.2 Å². The largest absolute Gasteiger partial charge is 0.439 e. The first-order valence-corrected chi connectivity index (χ1v) is 7.09. The van der Waals surface area contributed by atoms with Gasteiger partial charge in [-0.3, -0.25) is 0 Å². The van der Waals surface area contributed by atoms with E-state index in [0.29, 0.717) is 23.1 Å². The third-order valence-corrected chi connectivity index (χ3v) is 3.21. The quantitative estimate of drug-likeness (QED) is 0.897. The Morgan fingerprint density at radius 3 is 2.62 bits per heavy atom. The van der Waals surface area contributed by atoms with Gasteiger partial charge in [-0.1, -0.05) is 13.8 Å². The molecule has 0 unspecified atom stereocenters. The summed E-state index contributed by atoms with van der Waals surface area (Å²) < 4.78 is 19.1. The van der Waals surface area contributed by atoms with Gasteiger partial charge in [-0.15, -0.1) is 0 Å². The molecule has 0 bridgehead atoms. The highest BCUT2D eigenvalue weighted by Crippen LogP contribution is 2.25. The van der Waals surface area contributed by atoms with Gasteiger partial charge >= 0.3 is 0 Å². The van der Waals surface area contributed by atoms with Crippen LogP contribution < -0.4 is 10.1 Å². The zero-order valence-electron chi connectivity index (χ0n) is 12.9. The van der Waals surface area contributed by atoms with Crippen molar-refractivity contribution >= 4 is 0 Å². The maximum Gasteiger partial charge on any atom is 0.219 e. The van der Waals surface area contributed by atoms with Gasteiger partial charge in [0, 0.05) is 18.3 Å². The average molecular weight is 288 g/mol. The van der Waals surface area contributed by atoms with Gasteiger partial charge in [-0.2, -0.15) is 0 Å². The van der Waals surface area contributed by atoms with Crippen molar-refractivity contribution in [1.82, 2.24) is 10.3 Å². The summed E-state index contributed by atoms with van der Waals surface area (Å²) in [6.45, 7) is 6.66. The highest BCUT2D eigenvalue weighted by Gasteiger charge is 2.08. The van der Waals surface area contributed by atoms with Crippen LogP contribution in [0.1, 0.15) is 36.6 Å². The van der Waals surface area contributed by atoms with Gasteiger partial charge < -0.3 is 10.1 Å². The molecule has 112 valence electrons. The van der Waals surface area contributed by atoms with Crippen LogP contribution in [0.2, 0.25) is 0 Å². The first-order chi connectivity index (χ1) is 9.99. The lowest BCUT2D eigenvalue weighted by Crippen LogP contribution is -2.07. The Bertz CT molecular complexity index is 626. The summed E-state index contributed by atoms with van der Waals surface area (Å²) in [5.74, 6) is 1.22. The average Bonchev–Trinajstić information content (AvgIpc) is 2.43. The maximum absolute atomic E-state index is 13.3. The number of aromatic nitrogens is 1. The Morgan fingerprint density at radius 2 is 2.00 bits per heavy atom. The molecule has 1 aromatic carbocycles. The van der Waals surface area contributed by atoms with E-state index in [1.54, 1.807) is 19.1 Å². The second kappa shape index (κ2) is 6.68. The van der Waals surface area contributed by atoms with Crippen LogP contribution in [0.5, 0.6) is 11.6 Å². The normalized spacial score (nSPS) is 11.0. The molecule has 2 rings (SSSR count). The van der Waals surface area contributed by atoms with Crippen molar-refractivity contribution < 1.29 is 9.13 Å². The fraction of sp³-hybridized carbons (Fsp3) is 0.353. The summed E-state index contributed by atoms with van der Waals surface area (Å²) in [5, 5.41) is 3.12. The van der Waals surface area contributed by atoms with Crippen LogP contribution in [-0.4, -0.2) is 12.0 Å². The van der Waals surface area contributed by atoms with Crippen molar-refractivity contribution in [2.75, 3.05) is 7.05 Å². The first-order valence-electron chi connectivity index (χ1n) is 7.09. The molecule has 0 amide bonds. The number of hydrogen-bond acceptors (Lipinski definition) is 3. The van der Waals surface area contributed by atoms with Crippen molar-refractivity contribution in [2.24, 2.45) is 0 Å². The molecule has 0 saturated heterocycles. The molecule has 0 radical (unpaired) electrons. The lowest BCUT2D eigenvalue weighted by atomic mass is 10.1. The zero-order valence-corrected chi connectivity index (χ0v) is 12.9. The summed E-state index contributed by atoms with van der Waals surface area (Å²) in [5.41, 5.74) is 2.66. The zero-order chi connectivity index (χ0) is 15.4. The van der Waals surface area contributed by atoms with Crippen LogP contribution in [0.3, 0.4) is 0 Å². The van der Waals surface area contributed by atoms with E-state index < -0.39 is 0 Å². The minimum atomic E-state index is -0.234. The van der Waals surface area contributed by atoms with Crippen molar-refractivity contribution in [3.63, 3.8) is 0 Å². The number of rotatable bonds is 5.